The molecule has 0 saturated carbocycles. The van der Waals surface area contributed by atoms with Crippen LogP contribution in [-0.2, 0) is 11.3 Å². The van der Waals surface area contributed by atoms with E-state index in [1.165, 1.54) is 0 Å². The van der Waals surface area contributed by atoms with E-state index in [2.05, 4.69) is 10.4 Å². The number of carbonyl (C=O) groups excluding carboxylic acids is 1. The average Bonchev–Trinajstić information content (AvgIpc) is 3.01. The van der Waals surface area contributed by atoms with Crippen molar-refractivity contribution in [3.63, 3.8) is 0 Å². The predicted octanol–water partition coefficient (Wildman–Crippen LogP) is 4.26. The van der Waals surface area contributed by atoms with E-state index in [9.17, 15) is 4.79 Å². The molecule has 0 atom stereocenters. The normalized spacial score (nSPS) is 10.5. The highest BCUT2D eigenvalue weighted by molar-refractivity contribution is 6.30. The van der Waals surface area contributed by atoms with Gasteiger partial charge in [0.15, 0.2) is 6.61 Å². The molecular formula is C18H15Cl2N3O2. The summed E-state index contributed by atoms with van der Waals surface area (Å²) in [5.74, 6) is 0.888. The number of aromatic nitrogens is 2. The molecule has 1 N–H and O–H groups in total. The third kappa shape index (κ3) is 4.98. The minimum atomic E-state index is -0.275. The molecule has 3 rings (SSSR count). The van der Waals surface area contributed by atoms with E-state index in [1.807, 2.05) is 24.3 Å². The lowest BCUT2D eigenvalue weighted by Gasteiger charge is -2.10. The van der Waals surface area contributed by atoms with Crippen LogP contribution in [0.5, 0.6) is 5.75 Å². The number of hydrogen-bond donors (Lipinski definition) is 1. The Morgan fingerprint density at radius 3 is 2.64 bits per heavy atom. The van der Waals surface area contributed by atoms with Crippen molar-refractivity contribution >= 4 is 34.9 Å². The Morgan fingerprint density at radius 1 is 1.08 bits per heavy atom. The molecule has 0 aliphatic rings. The molecule has 0 aliphatic heterocycles. The molecule has 0 spiro atoms. The van der Waals surface area contributed by atoms with Crippen molar-refractivity contribution in [1.29, 1.82) is 0 Å². The van der Waals surface area contributed by atoms with E-state index >= 15 is 0 Å². The molecule has 0 unspecified atom stereocenters. The molecule has 0 radical (unpaired) electrons. The van der Waals surface area contributed by atoms with Gasteiger partial charge in [0.2, 0.25) is 0 Å². The van der Waals surface area contributed by atoms with E-state index in [0.29, 0.717) is 28.2 Å². The molecule has 0 saturated heterocycles. The zero-order chi connectivity index (χ0) is 17.6. The lowest BCUT2D eigenvalue weighted by molar-refractivity contribution is -0.118. The molecule has 128 valence electrons. The SMILES string of the molecule is O=C(COc1ccc(Cl)cc1)Nc1ccnn1Cc1cccc(Cl)c1. The molecule has 1 heterocycles. The topological polar surface area (TPSA) is 56.1 Å². The highest BCUT2D eigenvalue weighted by atomic mass is 35.5. The third-order valence-electron chi connectivity index (χ3n) is 3.39. The van der Waals surface area contributed by atoms with Crippen molar-refractivity contribution in [2.24, 2.45) is 0 Å². The quantitative estimate of drug-likeness (QED) is 0.700. The molecule has 0 fully saturated rings. The van der Waals surface area contributed by atoms with Gasteiger partial charge in [0, 0.05) is 16.1 Å². The third-order valence-corrected chi connectivity index (χ3v) is 3.88. The number of amides is 1. The second-order valence-corrected chi connectivity index (χ2v) is 6.17. The maximum Gasteiger partial charge on any atom is 0.263 e. The largest absolute Gasteiger partial charge is 0.484 e. The van der Waals surface area contributed by atoms with Gasteiger partial charge in [-0.05, 0) is 42.0 Å². The first kappa shape index (κ1) is 17.3. The molecule has 1 aromatic heterocycles. The van der Waals surface area contributed by atoms with Crippen LogP contribution in [0.1, 0.15) is 5.56 Å². The number of nitrogens with one attached hydrogen (secondary N) is 1. The Labute approximate surface area is 155 Å². The molecule has 3 aromatic rings. The summed E-state index contributed by atoms with van der Waals surface area (Å²) in [6.07, 6.45) is 1.63. The van der Waals surface area contributed by atoms with Gasteiger partial charge < -0.3 is 10.1 Å². The predicted molar refractivity (Wildman–Crippen MR) is 98.4 cm³/mol. The fourth-order valence-electron chi connectivity index (χ4n) is 2.23. The van der Waals surface area contributed by atoms with E-state index in [-0.39, 0.29) is 12.5 Å². The average molecular weight is 376 g/mol. The van der Waals surface area contributed by atoms with Crippen molar-refractivity contribution in [3.8, 4) is 5.75 Å². The van der Waals surface area contributed by atoms with Crippen molar-refractivity contribution in [3.05, 3.63) is 76.4 Å². The molecule has 5 nitrogen and oxygen atoms in total. The number of ether oxygens (including phenoxy) is 1. The number of benzene rings is 2. The Morgan fingerprint density at radius 2 is 1.88 bits per heavy atom. The van der Waals surface area contributed by atoms with Gasteiger partial charge in [0.25, 0.3) is 5.91 Å². The number of carbonyl (C=O) groups is 1. The number of rotatable bonds is 6. The van der Waals surface area contributed by atoms with Crippen LogP contribution in [0.25, 0.3) is 0 Å². The fraction of sp³-hybridized carbons (Fsp3) is 0.111. The van der Waals surface area contributed by atoms with E-state index in [1.54, 1.807) is 41.2 Å². The van der Waals surface area contributed by atoms with Crippen LogP contribution in [0.3, 0.4) is 0 Å². The van der Waals surface area contributed by atoms with Gasteiger partial charge in [-0.2, -0.15) is 5.10 Å². The maximum atomic E-state index is 12.1. The number of nitrogens with zero attached hydrogens (tertiary/aromatic N) is 2. The second-order valence-electron chi connectivity index (χ2n) is 5.29. The van der Waals surface area contributed by atoms with Gasteiger partial charge in [0.1, 0.15) is 11.6 Å². The molecule has 2 aromatic carbocycles. The highest BCUT2D eigenvalue weighted by Gasteiger charge is 2.09. The Balaban J connectivity index is 1.58. The molecular weight excluding hydrogens is 361 g/mol. The summed E-state index contributed by atoms with van der Waals surface area (Å²) in [4.78, 5) is 12.1. The minimum absolute atomic E-state index is 0.107. The molecule has 0 aliphatic carbocycles. The van der Waals surface area contributed by atoms with Crippen LogP contribution in [0.15, 0.2) is 60.8 Å². The lowest BCUT2D eigenvalue weighted by Crippen LogP contribution is -2.22. The summed E-state index contributed by atoms with van der Waals surface area (Å²) in [6, 6.07) is 16.0. The van der Waals surface area contributed by atoms with E-state index in [0.717, 1.165) is 5.56 Å². The summed E-state index contributed by atoms with van der Waals surface area (Å²) in [5.41, 5.74) is 0.990. The van der Waals surface area contributed by atoms with Crippen LogP contribution >= 0.6 is 23.2 Å². The van der Waals surface area contributed by atoms with Crippen molar-refractivity contribution in [1.82, 2.24) is 9.78 Å². The van der Waals surface area contributed by atoms with Crippen LogP contribution in [0, 0.1) is 0 Å². The lowest BCUT2D eigenvalue weighted by atomic mass is 10.2. The summed E-state index contributed by atoms with van der Waals surface area (Å²) in [6.45, 7) is 0.394. The van der Waals surface area contributed by atoms with Gasteiger partial charge >= 0.3 is 0 Å². The Hall–Kier alpha value is -2.50. The summed E-state index contributed by atoms with van der Waals surface area (Å²) in [5, 5.41) is 8.28. The van der Waals surface area contributed by atoms with Gasteiger partial charge in [-0.25, -0.2) is 4.68 Å². The first-order chi connectivity index (χ1) is 12.1. The van der Waals surface area contributed by atoms with Gasteiger partial charge in [-0.3, -0.25) is 4.79 Å². The number of anilines is 1. The van der Waals surface area contributed by atoms with E-state index < -0.39 is 0 Å². The Bertz CT molecular complexity index is 863. The van der Waals surface area contributed by atoms with Crippen molar-refractivity contribution < 1.29 is 9.53 Å². The highest BCUT2D eigenvalue weighted by Crippen LogP contribution is 2.16. The number of hydrogen-bond acceptors (Lipinski definition) is 3. The van der Waals surface area contributed by atoms with Crippen LogP contribution in [0.2, 0.25) is 10.0 Å². The monoisotopic (exact) mass is 375 g/mol. The molecule has 1 amide bonds. The van der Waals surface area contributed by atoms with E-state index in [4.69, 9.17) is 27.9 Å². The Kier molecular flexibility index (Phi) is 5.58. The standard InChI is InChI=1S/C18H15Cl2N3O2/c19-14-4-6-16(7-5-14)25-12-18(24)22-17-8-9-21-23(17)11-13-2-1-3-15(20)10-13/h1-10H,11-12H2,(H,22,24). The summed E-state index contributed by atoms with van der Waals surface area (Å²) >= 11 is 11.8. The van der Waals surface area contributed by atoms with Crippen LogP contribution in [0.4, 0.5) is 5.82 Å². The summed E-state index contributed by atoms with van der Waals surface area (Å²) < 4.78 is 7.11. The van der Waals surface area contributed by atoms with Crippen molar-refractivity contribution in [2.75, 3.05) is 11.9 Å². The van der Waals surface area contributed by atoms with Gasteiger partial charge in [0.05, 0.1) is 12.7 Å². The second kappa shape index (κ2) is 8.05. The fourth-order valence-corrected chi connectivity index (χ4v) is 2.57. The number of halogens is 2. The minimum Gasteiger partial charge on any atom is -0.484 e. The van der Waals surface area contributed by atoms with Crippen LogP contribution in [-0.4, -0.2) is 22.3 Å². The summed E-state index contributed by atoms with van der Waals surface area (Å²) in [7, 11) is 0. The van der Waals surface area contributed by atoms with Crippen molar-refractivity contribution in [2.45, 2.75) is 6.54 Å². The maximum absolute atomic E-state index is 12.1. The van der Waals surface area contributed by atoms with Gasteiger partial charge in [-0.15, -0.1) is 0 Å². The zero-order valence-corrected chi connectivity index (χ0v) is 14.7. The smallest absolute Gasteiger partial charge is 0.263 e. The zero-order valence-electron chi connectivity index (χ0n) is 13.2. The molecule has 0 bridgehead atoms. The van der Waals surface area contributed by atoms with Crippen LogP contribution < -0.4 is 10.1 Å². The first-order valence-corrected chi connectivity index (χ1v) is 8.30. The molecule has 25 heavy (non-hydrogen) atoms. The molecule has 7 heteroatoms. The first-order valence-electron chi connectivity index (χ1n) is 7.54. The van der Waals surface area contributed by atoms with Gasteiger partial charge in [-0.1, -0.05) is 35.3 Å².